The van der Waals surface area contributed by atoms with E-state index >= 15 is 0 Å². The number of rotatable bonds is 4. The maximum atomic E-state index is 11.6. The van der Waals surface area contributed by atoms with Crippen LogP contribution in [0.25, 0.3) is 0 Å². The average Bonchev–Trinajstić information content (AvgIpc) is 2.95. The van der Waals surface area contributed by atoms with Crippen molar-refractivity contribution >= 4 is 5.97 Å². The molecule has 0 saturated carbocycles. The molecule has 0 bridgehead atoms. The van der Waals surface area contributed by atoms with Gasteiger partial charge in [-0.25, -0.2) is 9.78 Å². The van der Waals surface area contributed by atoms with Crippen molar-refractivity contribution in [3.63, 3.8) is 0 Å². The predicted molar refractivity (Wildman–Crippen MR) is 69.7 cm³/mol. The van der Waals surface area contributed by atoms with E-state index in [2.05, 4.69) is 4.98 Å². The smallest absolute Gasteiger partial charge is 0.356 e. The van der Waals surface area contributed by atoms with E-state index in [4.69, 9.17) is 9.84 Å². The number of benzene rings is 1. The largest absolute Gasteiger partial charge is 0.464 e. The molecule has 1 N–H and O–H groups in total. The summed E-state index contributed by atoms with van der Waals surface area (Å²) in [6.45, 7) is 2.00. The standard InChI is InChI=1S/C14H16N2O3/c1-10(12-5-3-11(8-17)4-6-12)16-9-15-7-13(16)14(18)19-2/h3-7,9-10,17H,8H2,1-2H3/t10-/m1/s1. The Morgan fingerprint density at radius 1 is 1.42 bits per heavy atom. The number of hydrogen-bond donors (Lipinski definition) is 1. The molecule has 19 heavy (non-hydrogen) atoms. The number of hydrogen-bond acceptors (Lipinski definition) is 4. The third kappa shape index (κ3) is 2.66. The van der Waals surface area contributed by atoms with Crippen LogP contribution in [0.1, 0.15) is 34.6 Å². The molecule has 0 radical (unpaired) electrons. The van der Waals surface area contributed by atoms with E-state index in [1.807, 2.05) is 31.2 Å². The van der Waals surface area contributed by atoms with Crippen LogP contribution in [0.2, 0.25) is 0 Å². The summed E-state index contributed by atoms with van der Waals surface area (Å²) in [5, 5.41) is 9.02. The molecule has 1 atom stereocenters. The van der Waals surface area contributed by atoms with Crippen LogP contribution in [-0.4, -0.2) is 27.7 Å². The monoisotopic (exact) mass is 260 g/mol. The molecular weight excluding hydrogens is 244 g/mol. The molecule has 100 valence electrons. The van der Waals surface area contributed by atoms with E-state index in [9.17, 15) is 4.79 Å². The van der Waals surface area contributed by atoms with Crippen LogP contribution in [0.3, 0.4) is 0 Å². The maximum Gasteiger partial charge on any atom is 0.356 e. The first-order valence-electron chi connectivity index (χ1n) is 5.97. The summed E-state index contributed by atoms with van der Waals surface area (Å²) < 4.78 is 6.49. The van der Waals surface area contributed by atoms with Crippen LogP contribution in [0, 0.1) is 0 Å². The highest BCUT2D eigenvalue weighted by molar-refractivity contribution is 5.87. The number of imidazole rings is 1. The van der Waals surface area contributed by atoms with Gasteiger partial charge in [-0.1, -0.05) is 24.3 Å². The number of ether oxygens (including phenoxy) is 1. The van der Waals surface area contributed by atoms with Gasteiger partial charge >= 0.3 is 5.97 Å². The van der Waals surface area contributed by atoms with E-state index < -0.39 is 5.97 Å². The molecule has 0 spiro atoms. The lowest BCUT2D eigenvalue weighted by Gasteiger charge is -2.16. The van der Waals surface area contributed by atoms with Gasteiger partial charge in [0, 0.05) is 0 Å². The number of nitrogens with zero attached hydrogens (tertiary/aromatic N) is 2. The zero-order chi connectivity index (χ0) is 13.8. The maximum absolute atomic E-state index is 11.6. The second kappa shape index (κ2) is 5.67. The molecule has 0 amide bonds. The van der Waals surface area contributed by atoms with Crippen LogP contribution < -0.4 is 0 Å². The summed E-state index contributed by atoms with van der Waals surface area (Å²) in [7, 11) is 1.35. The highest BCUT2D eigenvalue weighted by atomic mass is 16.5. The first-order valence-corrected chi connectivity index (χ1v) is 5.97. The number of carbonyl (C=O) groups excluding carboxylic acids is 1. The third-order valence-electron chi connectivity index (χ3n) is 3.12. The van der Waals surface area contributed by atoms with Gasteiger partial charge in [0.15, 0.2) is 0 Å². The van der Waals surface area contributed by atoms with Gasteiger partial charge in [0.05, 0.1) is 32.3 Å². The first-order chi connectivity index (χ1) is 9.17. The molecule has 1 aromatic heterocycles. The Morgan fingerprint density at radius 3 is 2.68 bits per heavy atom. The van der Waals surface area contributed by atoms with Crippen molar-refractivity contribution in [2.45, 2.75) is 19.6 Å². The molecule has 5 heteroatoms. The normalized spacial score (nSPS) is 12.2. The van der Waals surface area contributed by atoms with E-state index in [1.165, 1.54) is 13.3 Å². The molecule has 0 fully saturated rings. The fourth-order valence-electron chi connectivity index (χ4n) is 1.94. The Bertz CT molecular complexity index is 560. The lowest BCUT2D eigenvalue weighted by atomic mass is 10.1. The van der Waals surface area contributed by atoms with Crippen LogP contribution in [0.5, 0.6) is 0 Å². The van der Waals surface area contributed by atoms with Gasteiger partial charge in [0.1, 0.15) is 5.69 Å². The molecular formula is C14H16N2O3. The third-order valence-corrected chi connectivity index (χ3v) is 3.12. The minimum atomic E-state index is -0.406. The van der Waals surface area contributed by atoms with Crippen LogP contribution >= 0.6 is 0 Å². The predicted octanol–water partition coefficient (Wildman–Crippen LogP) is 1.77. The van der Waals surface area contributed by atoms with E-state index in [0.717, 1.165) is 11.1 Å². The topological polar surface area (TPSA) is 64.3 Å². The molecule has 1 heterocycles. The van der Waals surface area contributed by atoms with Gasteiger partial charge in [0.2, 0.25) is 0 Å². The summed E-state index contributed by atoms with van der Waals surface area (Å²) in [5.41, 5.74) is 2.30. The summed E-state index contributed by atoms with van der Waals surface area (Å²) in [6.07, 6.45) is 3.10. The highest BCUT2D eigenvalue weighted by Gasteiger charge is 2.17. The Hall–Kier alpha value is -2.14. The molecule has 0 saturated heterocycles. The quantitative estimate of drug-likeness (QED) is 0.851. The lowest BCUT2D eigenvalue weighted by molar-refractivity contribution is 0.0587. The second-order valence-corrected chi connectivity index (χ2v) is 4.25. The van der Waals surface area contributed by atoms with Gasteiger partial charge in [-0.2, -0.15) is 0 Å². The molecule has 0 aliphatic rings. The number of aliphatic hydroxyl groups excluding tert-OH is 1. The zero-order valence-corrected chi connectivity index (χ0v) is 10.9. The van der Waals surface area contributed by atoms with Crippen molar-refractivity contribution < 1.29 is 14.6 Å². The van der Waals surface area contributed by atoms with E-state index in [1.54, 1.807) is 10.9 Å². The van der Waals surface area contributed by atoms with Gasteiger partial charge in [0.25, 0.3) is 0 Å². The molecule has 2 rings (SSSR count). The van der Waals surface area contributed by atoms with Crippen LogP contribution in [0.4, 0.5) is 0 Å². The van der Waals surface area contributed by atoms with Crippen LogP contribution in [0.15, 0.2) is 36.8 Å². The van der Waals surface area contributed by atoms with Crippen molar-refractivity contribution in [2.24, 2.45) is 0 Å². The van der Waals surface area contributed by atoms with Gasteiger partial charge in [-0.15, -0.1) is 0 Å². The molecule has 2 aromatic rings. The Labute approximate surface area is 111 Å². The first kappa shape index (κ1) is 13.3. The van der Waals surface area contributed by atoms with Crippen molar-refractivity contribution in [1.82, 2.24) is 9.55 Å². The Kier molecular flexibility index (Phi) is 3.97. The fraction of sp³-hybridized carbons (Fsp3) is 0.286. The second-order valence-electron chi connectivity index (χ2n) is 4.25. The van der Waals surface area contributed by atoms with Crippen molar-refractivity contribution in [3.05, 3.63) is 53.6 Å². The summed E-state index contributed by atoms with van der Waals surface area (Å²) in [5.74, 6) is -0.406. The van der Waals surface area contributed by atoms with E-state index in [-0.39, 0.29) is 12.6 Å². The SMILES string of the molecule is COC(=O)c1cncn1[C@H](C)c1ccc(CO)cc1. The summed E-state index contributed by atoms with van der Waals surface area (Å²) in [6, 6.07) is 7.54. The molecule has 1 aromatic carbocycles. The van der Waals surface area contributed by atoms with Gasteiger partial charge in [-0.3, -0.25) is 0 Å². The number of carbonyl (C=O) groups is 1. The number of aromatic nitrogens is 2. The Balaban J connectivity index is 2.30. The zero-order valence-electron chi connectivity index (χ0n) is 10.9. The molecule has 0 aliphatic carbocycles. The van der Waals surface area contributed by atoms with Crippen molar-refractivity contribution in [2.75, 3.05) is 7.11 Å². The van der Waals surface area contributed by atoms with E-state index in [0.29, 0.717) is 5.69 Å². The molecule has 0 unspecified atom stereocenters. The van der Waals surface area contributed by atoms with Gasteiger partial charge in [-0.05, 0) is 18.1 Å². The lowest BCUT2D eigenvalue weighted by Crippen LogP contribution is -2.14. The Morgan fingerprint density at radius 2 is 2.11 bits per heavy atom. The summed E-state index contributed by atoms with van der Waals surface area (Å²) >= 11 is 0. The highest BCUT2D eigenvalue weighted by Crippen LogP contribution is 2.20. The minimum absolute atomic E-state index is 0.0210. The molecule has 5 nitrogen and oxygen atoms in total. The number of esters is 1. The average molecular weight is 260 g/mol. The van der Waals surface area contributed by atoms with Crippen LogP contribution in [-0.2, 0) is 11.3 Å². The fourth-order valence-corrected chi connectivity index (χ4v) is 1.94. The minimum Gasteiger partial charge on any atom is -0.464 e. The summed E-state index contributed by atoms with van der Waals surface area (Å²) in [4.78, 5) is 15.6. The number of aliphatic hydroxyl groups is 1. The van der Waals surface area contributed by atoms with Crippen molar-refractivity contribution in [3.8, 4) is 0 Å². The van der Waals surface area contributed by atoms with Gasteiger partial charge < -0.3 is 14.4 Å². The van der Waals surface area contributed by atoms with Crippen molar-refractivity contribution in [1.29, 1.82) is 0 Å². The number of methoxy groups -OCH3 is 1. The molecule has 0 aliphatic heterocycles.